The minimum Gasteiger partial charge on any atom is -0.327 e. The Hall–Kier alpha value is -2.20. The van der Waals surface area contributed by atoms with E-state index in [-0.39, 0.29) is 5.82 Å². The normalized spacial score (nSPS) is 9.95. The van der Waals surface area contributed by atoms with Crippen LogP contribution in [0.15, 0.2) is 35.1 Å². The van der Waals surface area contributed by atoms with Crippen LogP contribution in [0.5, 0.6) is 0 Å². The molecule has 0 unspecified atom stereocenters. The van der Waals surface area contributed by atoms with Gasteiger partial charge >= 0.3 is 0 Å². The molecule has 1 aromatic heterocycles. The van der Waals surface area contributed by atoms with E-state index in [1.807, 2.05) is 6.19 Å². The highest BCUT2D eigenvalue weighted by Crippen LogP contribution is 2.28. The third-order valence-corrected chi connectivity index (χ3v) is 3.24. The molecule has 102 valence electrons. The average molecular weight is 336 g/mol. The van der Waals surface area contributed by atoms with Gasteiger partial charge in [0, 0.05) is 24.6 Å². The number of hydrogen-bond donors (Lipinski definition) is 0. The Morgan fingerprint density at radius 1 is 1.20 bits per heavy atom. The van der Waals surface area contributed by atoms with Crippen LogP contribution in [0, 0.1) is 17.3 Å². The summed E-state index contributed by atoms with van der Waals surface area (Å²) in [5, 5.41) is 8.85. The Morgan fingerprint density at radius 2 is 1.90 bits per heavy atom. The zero-order valence-corrected chi connectivity index (χ0v) is 12.5. The van der Waals surface area contributed by atoms with Crippen LogP contribution >= 0.6 is 15.9 Å². The molecule has 0 radical (unpaired) electrons. The molecule has 0 N–H and O–H groups in total. The summed E-state index contributed by atoms with van der Waals surface area (Å²) in [4.78, 5) is 11.0. The van der Waals surface area contributed by atoms with Crippen LogP contribution in [0.25, 0.3) is 0 Å². The Kier molecular flexibility index (Phi) is 4.15. The summed E-state index contributed by atoms with van der Waals surface area (Å²) in [7, 11) is 3.29. The first-order valence-electron chi connectivity index (χ1n) is 5.67. The fourth-order valence-corrected chi connectivity index (χ4v) is 1.97. The van der Waals surface area contributed by atoms with Gasteiger partial charge in [-0.15, -0.1) is 0 Å². The highest BCUT2D eigenvalue weighted by Gasteiger charge is 2.13. The summed E-state index contributed by atoms with van der Waals surface area (Å²) in [5.41, 5.74) is 0.378. The Balaban J connectivity index is 2.41. The predicted octanol–water partition coefficient (Wildman–Crippen LogP) is 3.06. The van der Waals surface area contributed by atoms with Gasteiger partial charge in [-0.1, -0.05) is 15.9 Å². The number of aromatic nitrogens is 2. The van der Waals surface area contributed by atoms with Gasteiger partial charge in [-0.2, -0.15) is 5.26 Å². The molecule has 0 bridgehead atoms. The van der Waals surface area contributed by atoms with Crippen LogP contribution < -0.4 is 9.80 Å². The quantitative estimate of drug-likeness (QED) is 0.637. The van der Waals surface area contributed by atoms with Gasteiger partial charge in [-0.05, 0) is 18.2 Å². The summed E-state index contributed by atoms with van der Waals surface area (Å²) in [5.74, 6) is 0.582. The molecule has 20 heavy (non-hydrogen) atoms. The molecule has 0 amide bonds. The lowest BCUT2D eigenvalue weighted by Crippen LogP contribution is -2.15. The maximum absolute atomic E-state index is 13.9. The van der Waals surface area contributed by atoms with Gasteiger partial charge < -0.3 is 4.90 Å². The molecule has 2 aromatic rings. The fourth-order valence-electron chi connectivity index (χ4n) is 1.62. The summed E-state index contributed by atoms with van der Waals surface area (Å²) in [6.45, 7) is 0. The van der Waals surface area contributed by atoms with Crippen LogP contribution in [0.2, 0.25) is 0 Å². The standard InChI is InChI=1S/C13H11BrFN5/c1-19(7-16)12-6-13(18-8-17-12)20(2)11-5-9(14)3-4-10(11)15/h3-6,8H,1-2H3. The SMILES string of the molecule is CN(C#N)c1cc(N(C)c2cc(Br)ccc2F)ncn1. The number of nitriles is 1. The largest absolute Gasteiger partial charge is 0.327 e. The van der Waals surface area contributed by atoms with Gasteiger partial charge in [-0.3, -0.25) is 4.90 Å². The van der Waals surface area contributed by atoms with E-state index in [0.29, 0.717) is 17.3 Å². The van der Waals surface area contributed by atoms with Crippen molar-refractivity contribution in [2.45, 2.75) is 0 Å². The molecule has 0 aliphatic rings. The third kappa shape index (κ3) is 2.86. The first kappa shape index (κ1) is 14.2. The number of anilines is 3. The zero-order valence-electron chi connectivity index (χ0n) is 10.9. The van der Waals surface area contributed by atoms with Gasteiger partial charge in [0.1, 0.15) is 23.8 Å². The molecule has 0 fully saturated rings. The maximum atomic E-state index is 13.9. The van der Waals surface area contributed by atoms with Crippen molar-refractivity contribution in [3.63, 3.8) is 0 Å². The summed E-state index contributed by atoms with van der Waals surface area (Å²) < 4.78 is 14.6. The highest BCUT2D eigenvalue weighted by molar-refractivity contribution is 9.10. The smallest absolute Gasteiger partial charge is 0.185 e. The molecular formula is C13H11BrFN5. The van der Waals surface area contributed by atoms with E-state index in [1.54, 1.807) is 37.2 Å². The Labute approximate surface area is 124 Å². The summed E-state index contributed by atoms with van der Waals surface area (Å²) in [6, 6.07) is 6.27. The molecule has 0 aliphatic heterocycles. The Morgan fingerprint density at radius 3 is 2.60 bits per heavy atom. The minimum atomic E-state index is -0.357. The highest BCUT2D eigenvalue weighted by atomic mass is 79.9. The average Bonchev–Trinajstić information content (AvgIpc) is 2.48. The molecule has 5 nitrogen and oxygen atoms in total. The van der Waals surface area contributed by atoms with Crippen LogP contribution in [0.4, 0.5) is 21.7 Å². The third-order valence-electron chi connectivity index (χ3n) is 2.75. The van der Waals surface area contributed by atoms with Crippen LogP contribution in [-0.2, 0) is 0 Å². The molecule has 0 saturated heterocycles. The molecule has 0 atom stereocenters. The van der Waals surface area contributed by atoms with Crippen molar-refractivity contribution in [3.8, 4) is 6.19 Å². The van der Waals surface area contributed by atoms with Crippen molar-refractivity contribution in [1.29, 1.82) is 5.26 Å². The number of nitrogens with zero attached hydrogens (tertiary/aromatic N) is 5. The maximum Gasteiger partial charge on any atom is 0.185 e. The molecule has 0 aliphatic carbocycles. The van der Waals surface area contributed by atoms with Crippen LogP contribution in [0.3, 0.4) is 0 Å². The molecule has 1 aromatic carbocycles. The molecule has 0 spiro atoms. The van der Waals surface area contributed by atoms with E-state index in [1.165, 1.54) is 17.3 Å². The molecule has 2 rings (SSSR count). The zero-order chi connectivity index (χ0) is 14.7. The van der Waals surface area contributed by atoms with Gasteiger partial charge in [-0.25, -0.2) is 14.4 Å². The lowest BCUT2D eigenvalue weighted by atomic mass is 10.3. The van der Waals surface area contributed by atoms with Gasteiger partial charge in [0.05, 0.1) is 5.69 Å². The second-order valence-electron chi connectivity index (χ2n) is 4.05. The van der Waals surface area contributed by atoms with Crippen molar-refractivity contribution in [3.05, 3.63) is 40.9 Å². The first-order valence-corrected chi connectivity index (χ1v) is 6.46. The van der Waals surface area contributed by atoms with Crippen molar-refractivity contribution in [2.75, 3.05) is 23.9 Å². The number of rotatable bonds is 3. The van der Waals surface area contributed by atoms with Gasteiger partial charge in [0.25, 0.3) is 0 Å². The first-order chi connectivity index (χ1) is 9.52. The van der Waals surface area contributed by atoms with Crippen molar-refractivity contribution >= 4 is 33.3 Å². The van der Waals surface area contributed by atoms with Gasteiger partial charge in [0.2, 0.25) is 0 Å². The van der Waals surface area contributed by atoms with E-state index in [9.17, 15) is 4.39 Å². The van der Waals surface area contributed by atoms with Crippen molar-refractivity contribution in [1.82, 2.24) is 9.97 Å². The molecule has 1 heterocycles. The minimum absolute atomic E-state index is 0.357. The lowest BCUT2D eigenvalue weighted by Gasteiger charge is -2.20. The van der Waals surface area contributed by atoms with Crippen molar-refractivity contribution in [2.24, 2.45) is 0 Å². The summed E-state index contributed by atoms with van der Waals surface area (Å²) in [6.07, 6.45) is 3.29. The molecule has 0 saturated carbocycles. The van der Waals surface area contributed by atoms with E-state index >= 15 is 0 Å². The number of hydrogen-bond acceptors (Lipinski definition) is 5. The summed E-state index contributed by atoms with van der Waals surface area (Å²) >= 11 is 3.31. The fraction of sp³-hybridized carbons (Fsp3) is 0.154. The second-order valence-corrected chi connectivity index (χ2v) is 4.96. The van der Waals surface area contributed by atoms with Crippen molar-refractivity contribution < 1.29 is 4.39 Å². The molecule has 7 heteroatoms. The van der Waals surface area contributed by atoms with E-state index in [4.69, 9.17) is 5.26 Å². The van der Waals surface area contributed by atoms with Gasteiger partial charge in [0.15, 0.2) is 6.19 Å². The monoisotopic (exact) mass is 335 g/mol. The van der Waals surface area contributed by atoms with E-state index in [0.717, 1.165) is 4.47 Å². The Bertz CT molecular complexity index is 670. The van der Waals surface area contributed by atoms with E-state index in [2.05, 4.69) is 25.9 Å². The number of benzene rings is 1. The lowest BCUT2D eigenvalue weighted by molar-refractivity contribution is 0.627. The number of halogens is 2. The van der Waals surface area contributed by atoms with Crippen LogP contribution in [-0.4, -0.2) is 24.1 Å². The van der Waals surface area contributed by atoms with Crippen LogP contribution in [0.1, 0.15) is 0 Å². The topological polar surface area (TPSA) is 56.1 Å². The van der Waals surface area contributed by atoms with E-state index < -0.39 is 0 Å². The predicted molar refractivity (Wildman–Crippen MR) is 78.2 cm³/mol. The second kappa shape index (κ2) is 5.84. The molecular weight excluding hydrogens is 325 g/mol.